The summed E-state index contributed by atoms with van der Waals surface area (Å²) < 4.78 is 0. The van der Waals surface area contributed by atoms with Crippen LogP contribution in [0.4, 0.5) is 5.69 Å². The fourth-order valence-corrected chi connectivity index (χ4v) is 3.47. The molecule has 1 heterocycles. The number of fused-ring (bicyclic) bond motifs is 1. The first kappa shape index (κ1) is 10.7. The Morgan fingerprint density at radius 1 is 1.60 bits per heavy atom. The Balaban J connectivity index is 2.52. The first-order chi connectivity index (χ1) is 7.13. The molecule has 0 amide bonds. The number of nitriles is 1. The average Bonchev–Trinajstić information content (AvgIpc) is 2.17. The van der Waals surface area contributed by atoms with Crippen LogP contribution in [0.5, 0.6) is 0 Å². The summed E-state index contributed by atoms with van der Waals surface area (Å²) in [5.41, 5.74) is 2.15. The van der Waals surface area contributed by atoms with Crippen molar-refractivity contribution in [2.24, 2.45) is 0 Å². The highest BCUT2D eigenvalue weighted by Crippen LogP contribution is 2.41. The lowest BCUT2D eigenvalue weighted by Gasteiger charge is -2.32. The number of rotatable bonds is 0. The number of halogens is 1. The first-order valence-corrected chi connectivity index (χ1v) is 6.05. The minimum Gasteiger partial charge on any atom is -0.356 e. The second kappa shape index (κ2) is 3.96. The van der Waals surface area contributed by atoms with Crippen LogP contribution >= 0.6 is 23.4 Å². The van der Waals surface area contributed by atoms with E-state index in [1.165, 1.54) is 4.90 Å². The van der Waals surface area contributed by atoms with Gasteiger partial charge in [-0.05, 0) is 24.6 Å². The molecule has 0 saturated heterocycles. The number of hydrogen-bond acceptors (Lipinski definition) is 3. The van der Waals surface area contributed by atoms with E-state index in [1.54, 1.807) is 11.8 Å². The maximum Gasteiger partial charge on any atom is 0.126 e. The van der Waals surface area contributed by atoms with E-state index in [0.717, 1.165) is 22.0 Å². The van der Waals surface area contributed by atoms with Gasteiger partial charge in [-0.25, -0.2) is 0 Å². The zero-order valence-electron chi connectivity index (χ0n) is 8.62. The van der Waals surface area contributed by atoms with Gasteiger partial charge in [0.25, 0.3) is 0 Å². The summed E-state index contributed by atoms with van der Waals surface area (Å²) >= 11 is 7.91. The molecule has 2 rings (SSSR count). The molecule has 0 bridgehead atoms. The van der Waals surface area contributed by atoms with Crippen LogP contribution in [-0.4, -0.2) is 18.8 Å². The highest BCUT2D eigenvalue weighted by molar-refractivity contribution is 7.99. The van der Waals surface area contributed by atoms with Gasteiger partial charge in [0.1, 0.15) is 6.04 Å². The second-order valence-electron chi connectivity index (χ2n) is 3.66. The quantitative estimate of drug-likeness (QED) is 0.695. The van der Waals surface area contributed by atoms with E-state index in [-0.39, 0.29) is 6.04 Å². The molecule has 1 aliphatic heterocycles. The number of thioether (sulfide) groups is 1. The van der Waals surface area contributed by atoms with Crippen LogP contribution in [0.2, 0.25) is 5.02 Å². The molecule has 0 N–H and O–H groups in total. The molecular weight excluding hydrogens is 228 g/mol. The van der Waals surface area contributed by atoms with Crippen LogP contribution in [0.3, 0.4) is 0 Å². The van der Waals surface area contributed by atoms with Gasteiger partial charge in [-0.3, -0.25) is 0 Å². The Morgan fingerprint density at radius 2 is 2.33 bits per heavy atom. The van der Waals surface area contributed by atoms with Crippen molar-refractivity contribution in [2.45, 2.75) is 17.9 Å². The topological polar surface area (TPSA) is 27.0 Å². The molecule has 0 aliphatic carbocycles. The second-order valence-corrected chi connectivity index (χ2v) is 5.13. The van der Waals surface area contributed by atoms with Crippen molar-refractivity contribution in [1.29, 1.82) is 5.26 Å². The normalized spacial score (nSPS) is 19.6. The predicted molar refractivity (Wildman–Crippen MR) is 64.7 cm³/mol. The van der Waals surface area contributed by atoms with Crippen molar-refractivity contribution >= 4 is 29.1 Å². The number of aryl methyl sites for hydroxylation is 1. The van der Waals surface area contributed by atoms with E-state index in [2.05, 4.69) is 12.1 Å². The van der Waals surface area contributed by atoms with E-state index in [0.29, 0.717) is 0 Å². The van der Waals surface area contributed by atoms with E-state index >= 15 is 0 Å². The summed E-state index contributed by atoms with van der Waals surface area (Å²) in [6.07, 6.45) is 0. The molecule has 1 aliphatic rings. The molecule has 1 unspecified atom stereocenters. The molecule has 0 spiro atoms. The SMILES string of the molecule is Cc1cc(Cl)c2c(c1)SCC(C#N)N2C. The third-order valence-electron chi connectivity index (χ3n) is 2.54. The molecule has 1 aromatic rings. The lowest BCUT2D eigenvalue weighted by molar-refractivity contribution is 0.823. The summed E-state index contributed by atoms with van der Waals surface area (Å²) in [7, 11) is 1.92. The van der Waals surface area contributed by atoms with Crippen molar-refractivity contribution in [3.8, 4) is 6.07 Å². The van der Waals surface area contributed by atoms with Gasteiger partial charge in [0.2, 0.25) is 0 Å². The Hall–Kier alpha value is -0.850. The highest BCUT2D eigenvalue weighted by atomic mass is 35.5. The number of nitrogens with zero attached hydrogens (tertiary/aromatic N) is 2. The standard InChI is InChI=1S/C11H11ClN2S/c1-7-3-9(12)11-10(4-7)15-6-8(5-13)14(11)2/h3-4,8H,6H2,1-2H3. The summed E-state index contributed by atoms with van der Waals surface area (Å²) in [5.74, 6) is 0.805. The number of benzene rings is 1. The van der Waals surface area contributed by atoms with Crippen molar-refractivity contribution in [3.05, 3.63) is 22.7 Å². The van der Waals surface area contributed by atoms with Gasteiger partial charge >= 0.3 is 0 Å². The number of anilines is 1. The van der Waals surface area contributed by atoms with Gasteiger partial charge in [-0.1, -0.05) is 11.6 Å². The van der Waals surface area contributed by atoms with E-state index in [9.17, 15) is 0 Å². The smallest absolute Gasteiger partial charge is 0.126 e. The Labute approximate surface area is 98.8 Å². The van der Waals surface area contributed by atoms with Crippen molar-refractivity contribution in [2.75, 3.05) is 17.7 Å². The largest absolute Gasteiger partial charge is 0.356 e. The van der Waals surface area contributed by atoms with Gasteiger partial charge in [0.15, 0.2) is 0 Å². The Bertz CT molecular complexity index is 439. The molecule has 0 radical (unpaired) electrons. The summed E-state index contributed by atoms with van der Waals surface area (Å²) in [4.78, 5) is 3.14. The maximum absolute atomic E-state index is 8.98. The zero-order valence-corrected chi connectivity index (χ0v) is 10.2. The third-order valence-corrected chi connectivity index (χ3v) is 3.93. The van der Waals surface area contributed by atoms with Crippen LogP contribution in [-0.2, 0) is 0 Å². The van der Waals surface area contributed by atoms with Crippen LogP contribution < -0.4 is 4.90 Å². The monoisotopic (exact) mass is 238 g/mol. The van der Waals surface area contributed by atoms with Crippen LogP contribution in [0.25, 0.3) is 0 Å². The van der Waals surface area contributed by atoms with Gasteiger partial charge in [-0.2, -0.15) is 5.26 Å². The molecular formula is C11H11ClN2S. The minimum atomic E-state index is -0.0808. The molecule has 15 heavy (non-hydrogen) atoms. The van der Waals surface area contributed by atoms with Gasteiger partial charge in [0, 0.05) is 17.7 Å². The highest BCUT2D eigenvalue weighted by Gasteiger charge is 2.25. The van der Waals surface area contributed by atoms with E-state index in [1.807, 2.05) is 24.9 Å². The van der Waals surface area contributed by atoms with Crippen LogP contribution in [0.1, 0.15) is 5.56 Å². The van der Waals surface area contributed by atoms with E-state index < -0.39 is 0 Å². The van der Waals surface area contributed by atoms with Gasteiger partial charge in [0.05, 0.1) is 16.8 Å². The van der Waals surface area contributed by atoms with Crippen LogP contribution in [0.15, 0.2) is 17.0 Å². The summed E-state index contributed by atoms with van der Waals surface area (Å²) in [6, 6.07) is 6.26. The zero-order chi connectivity index (χ0) is 11.0. The predicted octanol–water partition coefficient (Wildman–Crippen LogP) is 3.08. The molecule has 1 atom stereocenters. The molecule has 78 valence electrons. The molecule has 0 aromatic heterocycles. The van der Waals surface area contributed by atoms with Crippen molar-refractivity contribution in [3.63, 3.8) is 0 Å². The Kier molecular flexibility index (Phi) is 2.81. The fourth-order valence-electron chi connectivity index (χ4n) is 1.72. The molecule has 4 heteroatoms. The molecule has 1 aromatic carbocycles. The van der Waals surface area contributed by atoms with Crippen LogP contribution in [0, 0.1) is 18.3 Å². The third kappa shape index (κ3) is 1.80. The lowest BCUT2D eigenvalue weighted by atomic mass is 10.2. The average molecular weight is 239 g/mol. The van der Waals surface area contributed by atoms with Gasteiger partial charge < -0.3 is 4.90 Å². The molecule has 2 nitrogen and oxygen atoms in total. The fraction of sp³-hybridized carbons (Fsp3) is 0.364. The minimum absolute atomic E-state index is 0.0808. The first-order valence-electron chi connectivity index (χ1n) is 4.69. The Morgan fingerprint density at radius 3 is 3.00 bits per heavy atom. The number of hydrogen-bond donors (Lipinski definition) is 0. The van der Waals surface area contributed by atoms with Gasteiger partial charge in [-0.15, -0.1) is 11.8 Å². The lowest BCUT2D eigenvalue weighted by Crippen LogP contribution is -2.35. The van der Waals surface area contributed by atoms with Crippen molar-refractivity contribution in [1.82, 2.24) is 0 Å². The van der Waals surface area contributed by atoms with E-state index in [4.69, 9.17) is 16.9 Å². The molecule has 0 fully saturated rings. The maximum atomic E-state index is 8.98. The summed E-state index contributed by atoms with van der Waals surface area (Å²) in [5, 5.41) is 9.72. The van der Waals surface area contributed by atoms with Crippen molar-refractivity contribution < 1.29 is 0 Å². The molecule has 0 saturated carbocycles. The summed E-state index contributed by atoms with van der Waals surface area (Å²) in [6.45, 7) is 2.03.